The van der Waals surface area contributed by atoms with E-state index in [0.717, 1.165) is 0 Å². The first-order valence-electron chi connectivity index (χ1n) is 9.24. The number of nitrogens with one attached hydrogen (secondary N) is 2. The molecular formula is C22H21N3O6. The molecule has 0 spiro atoms. The maximum absolute atomic E-state index is 12.3. The zero-order valence-electron chi connectivity index (χ0n) is 16.9. The van der Waals surface area contributed by atoms with Crippen LogP contribution in [0.25, 0.3) is 0 Å². The van der Waals surface area contributed by atoms with Crippen molar-refractivity contribution in [3.63, 3.8) is 0 Å². The zero-order chi connectivity index (χ0) is 22.2. The smallest absolute Gasteiger partial charge is 0.335 e. The van der Waals surface area contributed by atoms with E-state index in [1.165, 1.54) is 19.2 Å². The number of benzene rings is 2. The summed E-state index contributed by atoms with van der Waals surface area (Å²) in [6, 6.07) is 14.4. The molecule has 0 saturated carbocycles. The molecule has 9 heteroatoms. The number of anilines is 2. The van der Waals surface area contributed by atoms with Crippen LogP contribution < -0.4 is 24.8 Å². The molecule has 0 unspecified atom stereocenters. The van der Waals surface area contributed by atoms with Gasteiger partial charge < -0.3 is 30.0 Å². The van der Waals surface area contributed by atoms with Crippen LogP contribution in [0.5, 0.6) is 23.1 Å². The predicted octanol–water partition coefficient (Wildman–Crippen LogP) is 3.64. The molecule has 0 aliphatic heterocycles. The lowest BCUT2D eigenvalue weighted by Gasteiger charge is -2.14. The summed E-state index contributed by atoms with van der Waals surface area (Å²) in [5, 5.41) is 14.8. The number of rotatable bonds is 9. The van der Waals surface area contributed by atoms with Crippen LogP contribution in [-0.2, 0) is 4.79 Å². The number of carbonyl (C=O) groups excluding carboxylic acids is 1. The van der Waals surface area contributed by atoms with Gasteiger partial charge in [0.2, 0.25) is 5.88 Å². The fourth-order valence-corrected chi connectivity index (χ4v) is 2.66. The van der Waals surface area contributed by atoms with Crippen LogP contribution in [0, 0.1) is 0 Å². The van der Waals surface area contributed by atoms with Crippen LogP contribution in [0.2, 0.25) is 0 Å². The molecule has 1 amide bonds. The van der Waals surface area contributed by atoms with E-state index in [-0.39, 0.29) is 12.2 Å². The van der Waals surface area contributed by atoms with Gasteiger partial charge in [-0.25, -0.2) is 9.78 Å². The second kappa shape index (κ2) is 9.97. The molecule has 3 N–H and O–H groups in total. The van der Waals surface area contributed by atoms with Crippen LogP contribution in [0.4, 0.5) is 11.4 Å². The third kappa shape index (κ3) is 5.86. The number of carbonyl (C=O) groups is 2. The molecule has 0 fully saturated rings. The number of aromatic carboxylic acids is 1. The molecule has 160 valence electrons. The molecule has 0 saturated heterocycles. The van der Waals surface area contributed by atoms with E-state index in [4.69, 9.17) is 19.3 Å². The minimum atomic E-state index is -1.07. The van der Waals surface area contributed by atoms with Gasteiger partial charge in [-0.3, -0.25) is 4.79 Å². The van der Waals surface area contributed by atoms with Gasteiger partial charge in [0.05, 0.1) is 24.0 Å². The molecule has 2 aromatic carbocycles. The molecule has 0 bridgehead atoms. The average molecular weight is 423 g/mol. The number of methoxy groups -OCH3 is 1. The van der Waals surface area contributed by atoms with Gasteiger partial charge in [0, 0.05) is 25.4 Å². The second-order valence-electron chi connectivity index (χ2n) is 6.26. The van der Waals surface area contributed by atoms with E-state index in [1.807, 2.05) is 0 Å². The van der Waals surface area contributed by atoms with Crippen molar-refractivity contribution in [3.8, 4) is 23.1 Å². The summed E-state index contributed by atoms with van der Waals surface area (Å²) >= 11 is 0. The monoisotopic (exact) mass is 423 g/mol. The molecular weight excluding hydrogens is 402 g/mol. The van der Waals surface area contributed by atoms with Crippen molar-refractivity contribution in [1.29, 1.82) is 0 Å². The summed E-state index contributed by atoms with van der Waals surface area (Å²) in [4.78, 5) is 27.3. The van der Waals surface area contributed by atoms with Crippen LogP contribution in [0.15, 0.2) is 60.8 Å². The van der Waals surface area contributed by atoms with Gasteiger partial charge in [0.1, 0.15) is 17.2 Å². The standard InChI is InChI=1S/C22H21N3O6/c1-23-19-11-16(31-17-8-9-24-21(12-17)29-2)6-7-18(19)25-20(26)13-30-15-5-3-4-14(10-15)22(27)28/h3-12,23H,13H2,1-2H3,(H,25,26)(H,27,28). The molecule has 3 rings (SSSR count). The Kier molecular flexibility index (Phi) is 6.89. The Bertz CT molecular complexity index is 1090. The number of aromatic nitrogens is 1. The molecule has 9 nitrogen and oxygen atoms in total. The summed E-state index contributed by atoms with van der Waals surface area (Å²) in [5.74, 6) is 0.371. The molecule has 1 heterocycles. The highest BCUT2D eigenvalue weighted by atomic mass is 16.5. The maximum Gasteiger partial charge on any atom is 0.335 e. The fourth-order valence-electron chi connectivity index (χ4n) is 2.66. The number of hydrogen-bond donors (Lipinski definition) is 3. The first kappa shape index (κ1) is 21.4. The summed E-state index contributed by atoms with van der Waals surface area (Å²) in [6.45, 7) is -0.276. The van der Waals surface area contributed by atoms with Crippen LogP contribution in [-0.4, -0.2) is 42.7 Å². The largest absolute Gasteiger partial charge is 0.484 e. The Hall–Kier alpha value is -4.27. The summed E-state index contributed by atoms with van der Waals surface area (Å²) < 4.78 is 16.3. The van der Waals surface area contributed by atoms with E-state index < -0.39 is 11.9 Å². The fraction of sp³-hybridized carbons (Fsp3) is 0.136. The first-order chi connectivity index (χ1) is 15.0. The highest BCUT2D eigenvalue weighted by Gasteiger charge is 2.11. The van der Waals surface area contributed by atoms with Crippen molar-refractivity contribution < 1.29 is 28.9 Å². The van der Waals surface area contributed by atoms with Gasteiger partial charge in [-0.2, -0.15) is 0 Å². The van der Waals surface area contributed by atoms with E-state index in [0.29, 0.717) is 34.5 Å². The van der Waals surface area contributed by atoms with E-state index in [1.54, 1.807) is 55.7 Å². The number of ether oxygens (including phenoxy) is 3. The Labute approximate surface area is 178 Å². The topological polar surface area (TPSA) is 119 Å². The van der Waals surface area contributed by atoms with Crippen LogP contribution in [0.1, 0.15) is 10.4 Å². The Morgan fingerprint density at radius 2 is 1.81 bits per heavy atom. The van der Waals surface area contributed by atoms with Gasteiger partial charge in [-0.1, -0.05) is 6.07 Å². The van der Waals surface area contributed by atoms with Crippen LogP contribution in [0.3, 0.4) is 0 Å². The van der Waals surface area contributed by atoms with Gasteiger partial charge >= 0.3 is 5.97 Å². The lowest BCUT2D eigenvalue weighted by atomic mass is 10.2. The molecule has 0 aliphatic rings. The van der Waals surface area contributed by atoms with Crippen molar-refractivity contribution in [2.75, 3.05) is 31.4 Å². The lowest BCUT2D eigenvalue weighted by Crippen LogP contribution is -2.20. The summed E-state index contributed by atoms with van der Waals surface area (Å²) in [6.07, 6.45) is 1.58. The second-order valence-corrected chi connectivity index (χ2v) is 6.26. The Morgan fingerprint density at radius 1 is 1.00 bits per heavy atom. The number of nitrogens with zero attached hydrogens (tertiary/aromatic N) is 1. The van der Waals surface area contributed by atoms with Crippen molar-refractivity contribution in [1.82, 2.24) is 4.98 Å². The SMILES string of the molecule is CNc1cc(Oc2ccnc(OC)c2)ccc1NC(=O)COc1cccc(C(=O)O)c1. The molecule has 3 aromatic rings. The molecule has 0 atom stereocenters. The van der Waals surface area contributed by atoms with Gasteiger partial charge in [0.15, 0.2) is 6.61 Å². The normalized spacial score (nSPS) is 10.1. The minimum Gasteiger partial charge on any atom is -0.484 e. The third-order valence-corrected chi connectivity index (χ3v) is 4.14. The third-order valence-electron chi connectivity index (χ3n) is 4.14. The Balaban J connectivity index is 1.63. The van der Waals surface area contributed by atoms with Crippen LogP contribution >= 0.6 is 0 Å². The number of amides is 1. The number of carboxylic acid groups (broad SMARTS) is 1. The van der Waals surface area contributed by atoms with E-state index >= 15 is 0 Å². The molecule has 0 radical (unpaired) electrons. The molecule has 1 aromatic heterocycles. The zero-order valence-corrected chi connectivity index (χ0v) is 16.9. The van der Waals surface area contributed by atoms with Crippen molar-refractivity contribution in [2.45, 2.75) is 0 Å². The number of pyridine rings is 1. The maximum atomic E-state index is 12.3. The molecule has 0 aliphatic carbocycles. The quantitative estimate of drug-likeness (QED) is 0.477. The van der Waals surface area contributed by atoms with Gasteiger partial charge in [0.25, 0.3) is 5.91 Å². The Morgan fingerprint density at radius 3 is 2.55 bits per heavy atom. The average Bonchev–Trinajstić information content (AvgIpc) is 2.79. The molecule has 31 heavy (non-hydrogen) atoms. The minimum absolute atomic E-state index is 0.0813. The lowest BCUT2D eigenvalue weighted by molar-refractivity contribution is -0.118. The van der Waals surface area contributed by atoms with Gasteiger partial charge in [-0.05, 0) is 36.4 Å². The van der Waals surface area contributed by atoms with Crippen molar-refractivity contribution >= 4 is 23.3 Å². The van der Waals surface area contributed by atoms with Gasteiger partial charge in [-0.15, -0.1) is 0 Å². The number of hydrogen-bond acceptors (Lipinski definition) is 7. The predicted molar refractivity (Wildman–Crippen MR) is 114 cm³/mol. The first-order valence-corrected chi connectivity index (χ1v) is 9.24. The number of carboxylic acids is 1. The van der Waals surface area contributed by atoms with Crippen molar-refractivity contribution in [3.05, 3.63) is 66.4 Å². The summed E-state index contributed by atoms with van der Waals surface area (Å²) in [5.41, 5.74) is 1.26. The highest BCUT2D eigenvalue weighted by molar-refractivity contribution is 5.95. The van der Waals surface area contributed by atoms with Crippen molar-refractivity contribution in [2.24, 2.45) is 0 Å². The highest BCUT2D eigenvalue weighted by Crippen LogP contribution is 2.30. The summed E-state index contributed by atoms with van der Waals surface area (Å²) in [7, 11) is 3.24. The van der Waals surface area contributed by atoms with E-state index in [9.17, 15) is 9.59 Å². The van der Waals surface area contributed by atoms with E-state index in [2.05, 4.69) is 15.6 Å².